The van der Waals surface area contributed by atoms with Gasteiger partial charge in [-0.05, 0) is 42.3 Å². The van der Waals surface area contributed by atoms with Crippen molar-refractivity contribution in [3.05, 3.63) is 59.2 Å². The first kappa shape index (κ1) is 16.1. The summed E-state index contributed by atoms with van der Waals surface area (Å²) in [5.74, 6) is -1.98. The van der Waals surface area contributed by atoms with Crippen molar-refractivity contribution in [1.29, 1.82) is 0 Å². The maximum atomic E-state index is 13.6. The fourth-order valence-corrected chi connectivity index (χ4v) is 2.78. The second-order valence-corrected chi connectivity index (χ2v) is 5.57. The van der Waals surface area contributed by atoms with Gasteiger partial charge in [0.1, 0.15) is 11.6 Å². The normalized spacial score (nSPS) is 12.9. The van der Waals surface area contributed by atoms with E-state index in [1.807, 2.05) is 0 Å². The van der Waals surface area contributed by atoms with E-state index in [1.165, 1.54) is 6.07 Å². The Bertz CT molecular complexity index is 821. The lowest BCUT2D eigenvalue weighted by atomic mass is 10.1. The summed E-state index contributed by atoms with van der Waals surface area (Å²) in [6.07, 6.45) is 1.10. The van der Waals surface area contributed by atoms with E-state index in [0.717, 1.165) is 17.3 Å². The topological polar surface area (TPSA) is 49.4 Å². The Morgan fingerprint density at radius 3 is 2.67 bits per heavy atom. The van der Waals surface area contributed by atoms with Crippen LogP contribution in [0, 0.1) is 11.6 Å². The number of benzene rings is 2. The molecule has 0 aromatic heterocycles. The van der Waals surface area contributed by atoms with Gasteiger partial charge in [0.15, 0.2) is 0 Å². The summed E-state index contributed by atoms with van der Waals surface area (Å²) in [5, 5.41) is 2.43. The Labute approximate surface area is 138 Å². The van der Waals surface area contributed by atoms with Gasteiger partial charge in [-0.25, -0.2) is 8.78 Å². The molecule has 0 atom stereocenters. The minimum Gasteiger partial charge on any atom is -0.319 e. The van der Waals surface area contributed by atoms with Crippen molar-refractivity contribution in [2.24, 2.45) is 0 Å². The fraction of sp³-hybridized carbons (Fsp3) is 0.222. The van der Waals surface area contributed by atoms with Gasteiger partial charge in [0, 0.05) is 30.3 Å². The zero-order valence-electron chi connectivity index (χ0n) is 13.1. The number of nitrogens with zero attached hydrogens (tertiary/aromatic N) is 1. The third-order valence-corrected chi connectivity index (χ3v) is 4.02. The third kappa shape index (κ3) is 2.99. The Morgan fingerprint density at radius 2 is 1.96 bits per heavy atom. The van der Waals surface area contributed by atoms with Gasteiger partial charge < -0.3 is 10.2 Å². The van der Waals surface area contributed by atoms with Crippen LogP contribution in [0.25, 0.3) is 0 Å². The van der Waals surface area contributed by atoms with Gasteiger partial charge in [-0.3, -0.25) is 9.59 Å². The fourth-order valence-electron chi connectivity index (χ4n) is 2.78. The molecule has 0 saturated carbocycles. The van der Waals surface area contributed by atoms with E-state index in [2.05, 4.69) is 5.32 Å². The zero-order valence-corrected chi connectivity index (χ0v) is 13.1. The highest BCUT2D eigenvalue weighted by Gasteiger charge is 2.24. The number of halogens is 2. The zero-order chi connectivity index (χ0) is 17.3. The van der Waals surface area contributed by atoms with Crippen LogP contribution in [0.3, 0.4) is 0 Å². The average Bonchev–Trinajstić information content (AvgIpc) is 2.99. The summed E-state index contributed by atoms with van der Waals surface area (Å²) in [6.45, 7) is 2.40. The molecule has 0 unspecified atom stereocenters. The van der Waals surface area contributed by atoms with Crippen LogP contribution >= 0.6 is 0 Å². The number of fused-ring (bicyclic) bond motifs is 1. The first-order valence-corrected chi connectivity index (χ1v) is 7.69. The lowest BCUT2D eigenvalue weighted by molar-refractivity contribution is -0.118. The molecule has 0 fully saturated rings. The van der Waals surface area contributed by atoms with Gasteiger partial charge in [0.05, 0.1) is 5.69 Å². The molecule has 1 aliphatic rings. The molecular formula is C18H16F2N2O2. The lowest BCUT2D eigenvalue weighted by Crippen LogP contribution is -2.27. The minimum absolute atomic E-state index is 0.0411. The second kappa shape index (κ2) is 6.39. The summed E-state index contributed by atoms with van der Waals surface area (Å²) in [6, 6.07) is 8.00. The molecule has 24 heavy (non-hydrogen) atoms. The predicted octanol–water partition coefficient (Wildman–Crippen LogP) is 3.52. The Morgan fingerprint density at radius 1 is 1.17 bits per heavy atom. The molecule has 1 heterocycles. The standard InChI is InChI=1S/C18H16F2N2O2/c1-2-17(23)22-8-7-11-9-12(3-6-16(11)22)18(24)21-15-5-4-13(19)10-14(15)20/h3-6,9-10H,2,7-8H2,1H3,(H,21,24). The largest absolute Gasteiger partial charge is 0.319 e. The summed E-state index contributed by atoms with van der Waals surface area (Å²) >= 11 is 0. The van der Waals surface area contributed by atoms with Crippen LogP contribution in [-0.4, -0.2) is 18.4 Å². The molecule has 0 aliphatic carbocycles. The molecule has 3 rings (SSSR count). The van der Waals surface area contributed by atoms with Gasteiger partial charge in [-0.15, -0.1) is 0 Å². The third-order valence-electron chi connectivity index (χ3n) is 4.02. The Hall–Kier alpha value is -2.76. The molecule has 2 aromatic carbocycles. The van der Waals surface area contributed by atoms with Crippen molar-refractivity contribution < 1.29 is 18.4 Å². The maximum absolute atomic E-state index is 13.6. The number of rotatable bonds is 3. The van der Waals surface area contributed by atoms with E-state index in [4.69, 9.17) is 0 Å². The molecule has 2 amide bonds. The number of hydrogen-bond acceptors (Lipinski definition) is 2. The first-order valence-electron chi connectivity index (χ1n) is 7.69. The predicted molar refractivity (Wildman–Crippen MR) is 87.1 cm³/mol. The summed E-state index contributed by atoms with van der Waals surface area (Å²) in [7, 11) is 0. The number of carbonyl (C=O) groups excluding carboxylic acids is 2. The highest BCUT2D eigenvalue weighted by atomic mass is 19.1. The van der Waals surface area contributed by atoms with Crippen molar-refractivity contribution >= 4 is 23.2 Å². The van der Waals surface area contributed by atoms with Gasteiger partial charge in [-0.1, -0.05) is 6.92 Å². The molecule has 6 heteroatoms. The lowest BCUT2D eigenvalue weighted by Gasteiger charge is -2.16. The van der Waals surface area contributed by atoms with Gasteiger partial charge in [-0.2, -0.15) is 0 Å². The van der Waals surface area contributed by atoms with Crippen LogP contribution in [0.2, 0.25) is 0 Å². The molecule has 4 nitrogen and oxygen atoms in total. The van der Waals surface area contributed by atoms with Crippen molar-refractivity contribution in [3.8, 4) is 0 Å². The van der Waals surface area contributed by atoms with E-state index in [-0.39, 0.29) is 11.6 Å². The Kier molecular flexibility index (Phi) is 4.29. The van der Waals surface area contributed by atoms with Gasteiger partial charge in [0.25, 0.3) is 5.91 Å². The van der Waals surface area contributed by atoms with E-state index < -0.39 is 17.5 Å². The van der Waals surface area contributed by atoms with E-state index in [9.17, 15) is 18.4 Å². The first-order chi connectivity index (χ1) is 11.5. The number of hydrogen-bond donors (Lipinski definition) is 1. The smallest absolute Gasteiger partial charge is 0.255 e. The highest BCUT2D eigenvalue weighted by molar-refractivity contribution is 6.05. The van der Waals surface area contributed by atoms with Gasteiger partial charge >= 0.3 is 0 Å². The highest BCUT2D eigenvalue weighted by Crippen LogP contribution is 2.29. The van der Waals surface area contributed by atoms with Crippen molar-refractivity contribution in [2.75, 3.05) is 16.8 Å². The molecular weight excluding hydrogens is 314 g/mol. The number of nitrogens with one attached hydrogen (secondary N) is 1. The Balaban J connectivity index is 1.81. The second-order valence-electron chi connectivity index (χ2n) is 5.57. The van der Waals surface area contributed by atoms with Crippen LogP contribution < -0.4 is 10.2 Å². The summed E-state index contributed by atoms with van der Waals surface area (Å²) < 4.78 is 26.5. The SMILES string of the molecule is CCC(=O)N1CCc2cc(C(=O)Nc3ccc(F)cc3F)ccc21. The molecule has 2 aromatic rings. The van der Waals surface area contributed by atoms with Crippen LogP contribution in [-0.2, 0) is 11.2 Å². The quantitative estimate of drug-likeness (QED) is 0.936. The van der Waals surface area contributed by atoms with Gasteiger partial charge in [0.2, 0.25) is 5.91 Å². The van der Waals surface area contributed by atoms with E-state index in [1.54, 1.807) is 30.0 Å². The maximum Gasteiger partial charge on any atom is 0.255 e. The number of amides is 2. The van der Waals surface area contributed by atoms with Crippen LogP contribution in [0.15, 0.2) is 36.4 Å². The molecule has 0 bridgehead atoms. The molecule has 1 aliphatic heterocycles. The van der Waals surface area contributed by atoms with Crippen LogP contribution in [0.1, 0.15) is 29.3 Å². The molecule has 124 valence electrons. The monoisotopic (exact) mass is 330 g/mol. The minimum atomic E-state index is -0.829. The van der Waals surface area contributed by atoms with Crippen LogP contribution in [0.4, 0.5) is 20.2 Å². The van der Waals surface area contributed by atoms with Crippen molar-refractivity contribution in [2.45, 2.75) is 19.8 Å². The van der Waals surface area contributed by atoms with Crippen molar-refractivity contribution in [3.63, 3.8) is 0 Å². The molecule has 1 N–H and O–H groups in total. The molecule has 0 radical (unpaired) electrons. The molecule has 0 spiro atoms. The van der Waals surface area contributed by atoms with E-state index in [0.29, 0.717) is 31.0 Å². The number of carbonyl (C=O) groups is 2. The molecule has 0 saturated heterocycles. The summed E-state index contributed by atoms with van der Waals surface area (Å²) in [4.78, 5) is 25.9. The summed E-state index contributed by atoms with van der Waals surface area (Å²) in [5.41, 5.74) is 2.00. The average molecular weight is 330 g/mol. The van der Waals surface area contributed by atoms with Crippen LogP contribution in [0.5, 0.6) is 0 Å². The van der Waals surface area contributed by atoms with Crippen molar-refractivity contribution in [1.82, 2.24) is 0 Å². The number of anilines is 2. The van der Waals surface area contributed by atoms with E-state index >= 15 is 0 Å².